The molecule has 3 aromatic heterocycles. The van der Waals surface area contributed by atoms with Gasteiger partial charge in [0.25, 0.3) is 0 Å². The highest BCUT2D eigenvalue weighted by Crippen LogP contribution is 2.42. The van der Waals surface area contributed by atoms with Crippen LogP contribution in [0.2, 0.25) is 0 Å². The van der Waals surface area contributed by atoms with Crippen LogP contribution < -0.4 is 15.8 Å². The Bertz CT molecular complexity index is 1100. The predicted octanol–water partition coefficient (Wildman–Crippen LogP) is 3.47. The van der Waals surface area contributed by atoms with Gasteiger partial charge in [0.15, 0.2) is 11.6 Å². The summed E-state index contributed by atoms with van der Waals surface area (Å²) >= 11 is 0. The monoisotopic (exact) mass is 460 g/mol. The maximum Gasteiger partial charge on any atom is 0.166 e. The second-order valence-corrected chi connectivity index (χ2v) is 8.40. The fourth-order valence-corrected chi connectivity index (χ4v) is 5.11. The largest absolute Gasteiger partial charge is 0.480 e. The molecule has 31 heavy (non-hydrogen) atoms. The smallest absolute Gasteiger partial charge is 0.166 e. The Morgan fingerprint density at radius 2 is 2.10 bits per heavy atom. The number of rotatable bonds is 3. The predicted molar refractivity (Wildman–Crippen MR) is 124 cm³/mol. The molecule has 1 aliphatic carbocycles. The molecule has 2 atom stereocenters. The number of aryl methyl sites for hydroxylation is 2. The van der Waals surface area contributed by atoms with Gasteiger partial charge >= 0.3 is 0 Å². The molecular formula is C22H26Cl2N6O. The highest BCUT2D eigenvalue weighted by Gasteiger charge is 2.42. The zero-order chi connectivity index (χ0) is 19.4. The number of ether oxygens (including phenoxy) is 1. The Morgan fingerprint density at radius 1 is 1.19 bits per heavy atom. The van der Waals surface area contributed by atoms with E-state index in [0.717, 1.165) is 49.4 Å². The van der Waals surface area contributed by atoms with Crippen LogP contribution in [0.3, 0.4) is 0 Å². The molecule has 3 aliphatic rings. The Kier molecular flexibility index (Phi) is 5.85. The summed E-state index contributed by atoms with van der Waals surface area (Å²) in [6, 6.07) is 8.29. The topological polar surface area (TPSA) is 90.9 Å². The first-order chi connectivity index (χ1) is 14.2. The molecule has 2 unspecified atom stereocenters. The molecule has 3 N–H and O–H groups in total. The summed E-state index contributed by atoms with van der Waals surface area (Å²) in [4.78, 5) is 8.91. The Balaban J connectivity index is 0.00000116. The Hall–Kier alpha value is -2.35. The number of pyridine rings is 2. The van der Waals surface area contributed by atoms with Crippen molar-refractivity contribution in [1.29, 1.82) is 0 Å². The SMILES string of the molecule is Cl.Cl.Nc1ncc(-c2cc3n(n2)CCC32CCNC2)cc1OC1CCc2cccnc21. The molecule has 6 rings (SSSR count). The minimum atomic E-state index is -0.0783. The standard InChI is InChI=1S/C22H24N6O.2ClH/c23-21-18(29-17-4-3-14-2-1-7-25-20(14)17)10-15(12-26-21)16-11-19-22(5-8-24-13-22)6-9-28(19)27-16;;/h1-2,7,10-12,17,24H,3-6,8-9,13H2,(H2,23,26);2*1H. The third-order valence-corrected chi connectivity index (χ3v) is 6.72. The van der Waals surface area contributed by atoms with Gasteiger partial charge in [0.1, 0.15) is 6.10 Å². The summed E-state index contributed by atoms with van der Waals surface area (Å²) in [6.45, 7) is 3.10. The first kappa shape index (κ1) is 21.9. The molecule has 0 radical (unpaired) electrons. The first-order valence-corrected chi connectivity index (χ1v) is 10.4. The molecule has 1 spiro atoms. The van der Waals surface area contributed by atoms with Crippen LogP contribution in [-0.4, -0.2) is 32.8 Å². The number of fused-ring (bicyclic) bond motifs is 3. The number of aromatic nitrogens is 4. The van der Waals surface area contributed by atoms with Crippen molar-refractivity contribution >= 4 is 30.6 Å². The second-order valence-electron chi connectivity index (χ2n) is 8.40. The highest BCUT2D eigenvalue weighted by molar-refractivity contribution is 5.85. The van der Waals surface area contributed by atoms with Crippen LogP contribution in [0.15, 0.2) is 36.7 Å². The zero-order valence-corrected chi connectivity index (χ0v) is 18.7. The van der Waals surface area contributed by atoms with Gasteiger partial charge in [0.05, 0.1) is 11.4 Å². The maximum atomic E-state index is 6.27. The van der Waals surface area contributed by atoms with Crippen molar-refractivity contribution in [1.82, 2.24) is 25.1 Å². The minimum Gasteiger partial charge on any atom is -0.480 e. The number of nitrogens with zero attached hydrogens (tertiary/aromatic N) is 4. The third kappa shape index (κ3) is 3.54. The van der Waals surface area contributed by atoms with Crippen molar-refractivity contribution < 1.29 is 4.74 Å². The van der Waals surface area contributed by atoms with Crippen molar-refractivity contribution in [2.75, 3.05) is 18.8 Å². The van der Waals surface area contributed by atoms with Gasteiger partial charge in [-0.25, -0.2) is 4.98 Å². The summed E-state index contributed by atoms with van der Waals surface area (Å²) in [5.74, 6) is 1.01. The van der Waals surface area contributed by atoms with E-state index >= 15 is 0 Å². The number of halogens is 2. The summed E-state index contributed by atoms with van der Waals surface area (Å²) in [6.07, 6.45) is 7.77. The van der Waals surface area contributed by atoms with E-state index in [9.17, 15) is 0 Å². The van der Waals surface area contributed by atoms with Crippen LogP contribution >= 0.6 is 24.8 Å². The van der Waals surface area contributed by atoms with Crippen molar-refractivity contribution in [3.63, 3.8) is 0 Å². The second kappa shape index (κ2) is 8.30. The molecule has 0 aromatic carbocycles. The maximum absolute atomic E-state index is 6.27. The van der Waals surface area contributed by atoms with E-state index in [1.165, 1.54) is 24.1 Å². The number of hydrogen-bond donors (Lipinski definition) is 2. The molecule has 9 heteroatoms. The van der Waals surface area contributed by atoms with Gasteiger partial charge in [-0.1, -0.05) is 6.07 Å². The van der Waals surface area contributed by atoms with Crippen molar-refractivity contribution in [3.8, 4) is 17.0 Å². The minimum absolute atomic E-state index is 0. The van der Waals surface area contributed by atoms with E-state index in [0.29, 0.717) is 11.6 Å². The molecule has 0 amide bonds. The van der Waals surface area contributed by atoms with E-state index in [-0.39, 0.29) is 36.3 Å². The van der Waals surface area contributed by atoms with Crippen LogP contribution in [0, 0.1) is 0 Å². The average Bonchev–Trinajstić information content (AvgIpc) is 3.51. The van der Waals surface area contributed by atoms with Gasteiger partial charge in [-0.05, 0) is 56.0 Å². The third-order valence-electron chi connectivity index (χ3n) is 6.72. The molecule has 0 bridgehead atoms. The van der Waals surface area contributed by atoms with E-state index < -0.39 is 0 Å². The Morgan fingerprint density at radius 3 is 2.94 bits per heavy atom. The highest BCUT2D eigenvalue weighted by atomic mass is 35.5. The van der Waals surface area contributed by atoms with E-state index in [2.05, 4.69) is 32.1 Å². The molecular weight excluding hydrogens is 435 g/mol. The molecule has 0 saturated carbocycles. The fourth-order valence-electron chi connectivity index (χ4n) is 5.11. The summed E-state index contributed by atoms with van der Waals surface area (Å²) < 4.78 is 8.43. The van der Waals surface area contributed by atoms with Crippen LogP contribution in [0.25, 0.3) is 11.3 Å². The van der Waals surface area contributed by atoms with E-state index in [1.807, 2.05) is 18.3 Å². The lowest BCUT2D eigenvalue weighted by Gasteiger charge is -2.20. The van der Waals surface area contributed by atoms with Gasteiger partial charge < -0.3 is 15.8 Å². The fraction of sp³-hybridized carbons (Fsp3) is 0.409. The lowest BCUT2D eigenvalue weighted by molar-refractivity contribution is 0.204. The number of hydrogen-bond acceptors (Lipinski definition) is 6. The molecule has 1 fully saturated rings. The summed E-state index contributed by atoms with van der Waals surface area (Å²) in [5, 5.41) is 8.37. The van der Waals surface area contributed by atoms with Crippen LogP contribution in [-0.2, 0) is 18.4 Å². The zero-order valence-electron chi connectivity index (χ0n) is 17.1. The molecule has 3 aromatic rings. The Labute approximate surface area is 193 Å². The van der Waals surface area contributed by atoms with Gasteiger partial charge in [0, 0.05) is 42.2 Å². The van der Waals surface area contributed by atoms with E-state index in [1.54, 1.807) is 6.20 Å². The van der Waals surface area contributed by atoms with Crippen molar-refractivity contribution in [2.45, 2.75) is 43.7 Å². The number of anilines is 1. The molecule has 5 heterocycles. The van der Waals surface area contributed by atoms with Crippen LogP contribution in [0.1, 0.15) is 42.3 Å². The number of nitrogen functional groups attached to an aromatic ring is 1. The van der Waals surface area contributed by atoms with Crippen LogP contribution in [0.4, 0.5) is 5.82 Å². The number of nitrogens with one attached hydrogen (secondary N) is 1. The normalized spacial score (nSPS) is 23.2. The van der Waals surface area contributed by atoms with Gasteiger partial charge in [-0.2, -0.15) is 5.10 Å². The summed E-state index contributed by atoms with van der Waals surface area (Å²) in [7, 11) is 0. The lowest BCUT2D eigenvalue weighted by Crippen LogP contribution is -2.25. The van der Waals surface area contributed by atoms with Gasteiger partial charge in [-0.3, -0.25) is 9.67 Å². The van der Waals surface area contributed by atoms with Gasteiger partial charge in [0.2, 0.25) is 0 Å². The molecule has 2 aliphatic heterocycles. The quantitative estimate of drug-likeness (QED) is 0.621. The van der Waals surface area contributed by atoms with Crippen molar-refractivity contribution in [3.05, 3.63) is 53.6 Å². The van der Waals surface area contributed by atoms with Gasteiger partial charge in [-0.15, -0.1) is 24.8 Å². The number of nitrogens with two attached hydrogens (primary N) is 1. The molecule has 164 valence electrons. The van der Waals surface area contributed by atoms with Crippen molar-refractivity contribution in [2.24, 2.45) is 0 Å². The van der Waals surface area contributed by atoms with Crippen LogP contribution in [0.5, 0.6) is 5.75 Å². The molecule has 7 nitrogen and oxygen atoms in total. The molecule has 1 saturated heterocycles. The lowest BCUT2D eigenvalue weighted by atomic mass is 9.82. The van der Waals surface area contributed by atoms with E-state index in [4.69, 9.17) is 15.6 Å². The first-order valence-electron chi connectivity index (χ1n) is 10.4. The summed E-state index contributed by atoms with van der Waals surface area (Å²) in [5.41, 5.74) is 11.9. The average molecular weight is 461 g/mol.